The van der Waals surface area contributed by atoms with Crippen LogP contribution >= 0.6 is 0 Å². The van der Waals surface area contributed by atoms with Gasteiger partial charge in [0.15, 0.2) is 0 Å². The molecule has 0 aromatic heterocycles. The molecule has 1 atom stereocenters. The molecule has 0 saturated carbocycles. The number of nitrogens with zero attached hydrogens (tertiary/aromatic N) is 1. The van der Waals surface area contributed by atoms with Crippen molar-refractivity contribution in [3.8, 4) is 17.2 Å². The lowest BCUT2D eigenvalue weighted by Gasteiger charge is -2.19. The molecule has 0 fully saturated rings. The van der Waals surface area contributed by atoms with Gasteiger partial charge >= 0.3 is 0 Å². The van der Waals surface area contributed by atoms with E-state index in [0.29, 0.717) is 36.1 Å². The minimum Gasteiger partial charge on any atom is -0.496 e. The van der Waals surface area contributed by atoms with Crippen LogP contribution in [0.15, 0.2) is 36.4 Å². The molecule has 0 unspecified atom stereocenters. The summed E-state index contributed by atoms with van der Waals surface area (Å²) in [4.78, 5) is 23.4. The molecule has 2 rings (SSSR count). The van der Waals surface area contributed by atoms with E-state index in [4.69, 9.17) is 14.2 Å². The van der Waals surface area contributed by atoms with Crippen LogP contribution < -0.4 is 24.8 Å². The molecule has 0 radical (unpaired) electrons. The summed E-state index contributed by atoms with van der Waals surface area (Å²) in [5.74, 6) is 1.10. The molecule has 2 N–H and O–H groups in total. The van der Waals surface area contributed by atoms with E-state index in [0.717, 1.165) is 0 Å². The van der Waals surface area contributed by atoms with Gasteiger partial charge < -0.3 is 24.8 Å². The van der Waals surface area contributed by atoms with Crippen LogP contribution in [0.3, 0.4) is 0 Å². The normalized spacial score (nSPS) is 11.3. The number of nitrogens with one attached hydrogen (secondary N) is 2. The quantitative estimate of drug-likeness (QED) is 0.458. The summed E-state index contributed by atoms with van der Waals surface area (Å²) in [6.45, 7) is 6.35. The minimum absolute atomic E-state index is 0.0857. The summed E-state index contributed by atoms with van der Waals surface area (Å²) in [5.41, 5.74) is 0.422. The molecule has 2 aromatic carbocycles. The monoisotopic (exact) mass is 403 g/mol. The Morgan fingerprint density at radius 2 is 1.76 bits per heavy atom. The topological polar surface area (TPSA) is 112 Å². The average Bonchev–Trinajstić information content (AvgIpc) is 2.70. The molecule has 0 aliphatic carbocycles. The number of nitro groups is 1. The van der Waals surface area contributed by atoms with E-state index in [1.165, 1.54) is 19.2 Å². The van der Waals surface area contributed by atoms with E-state index in [1.807, 2.05) is 13.8 Å². The van der Waals surface area contributed by atoms with Crippen molar-refractivity contribution in [3.63, 3.8) is 0 Å². The SMILES string of the molecule is CCOc1ccc(OCC)c(N[C@H](C)C(=O)Nc2ccc(OC)cc2[N+](=O)[O-])c1. The highest BCUT2D eigenvalue weighted by molar-refractivity contribution is 5.98. The molecule has 0 spiro atoms. The first-order valence-corrected chi connectivity index (χ1v) is 9.19. The van der Waals surface area contributed by atoms with Gasteiger partial charge in [-0.3, -0.25) is 14.9 Å². The van der Waals surface area contributed by atoms with Crippen molar-refractivity contribution in [2.24, 2.45) is 0 Å². The van der Waals surface area contributed by atoms with Gasteiger partial charge in [0.25, 0.3) is 5.69 Å². The number of methoxy groups -OCH3 is 1. The third-order valence-corrected chi connectivity index (χ3v) is 3.99. The Hall–Kier alpha value is -3.49. The standard InChI is InChI=1S/C20H25N3O6/c1-5-28-15-8-10-19(29-6-2)17(11-15)21-13(3)20(24)22-16-9-7-14(27-4)12-18(16)23(25)26/h7-13,21H,5-6H2,1-4H3,(H,22,24)/t13-/m1/s1. The third-order valence-electron chi connectivity index (χ3n) is 3.99. The third kappa shape index (κ3) is 5.74. The average molecular weight is 403 g/mol. The van der Waals surface area contributed by atoms with Crippen LogP contribution in [-0.2, 0) is 4.79 Å². The summed E-state index contributed by atoms with van der Waals surface area (Å²) in [6, 6.07) is 8.82. The van der Waals surface area contributed by atoms with Crippen molar-refractivity contribution >= 4 is 23.0 Å². The van der Waals surface area contributed by atoms with E-state index >= 15 is 0 Å². The van der Waals surface area contributed by atoms with Crippen LogP contribution in [0.1, 0.15) is 20.8 Å². The number of hydrogen-bond donors (Lipinski definition) is 2. The molecule has 0 aliphatic rings. The van der Waals surface area contributed by atoms with Crippen molar-refractivity contribution in [2.45, 2.75) is 26.8 Å². The molecule has 0 bridgehead atoms. The van der Waals surface area contributed by atoms with Gasteiger partial charge in [-0.05, 0) is 45.0 Å². The zero-order valence-electron chi connectivity index (χ0n) is 16.9. The van der Waals surface area contributed by atoms with E-state index in [2.05, 4.69) is 10.6 Å². The molecule has 156 valence electrons. The Kier molecular flexibility index (Phi) is 7.64. The highest BCUT2D eigenvalue weighted by atomic mass is 16.6. The second-order valence-electron chi connectivity index (χ2n) is 6.02. The van der Waals surface area contributed by atoms with Gasteiger partial charge in [-0.25, -0.2) is 0 Å². The number of ether oxygens (including phenoxy) is 3. The Balaban J connectivity index is 2.19. The van der Waals surface area contributed by atoms with Crippen LogP contribution in [0.4, 0.5) is 17.1 Å². The number of hydrogen-bond acceptors (Lipinski definition) is 7. The van der Waals surface area contributed by atoms with Gasteiger partial charge in [-0.2, -0.15) is 0 Å². The lowest BCUT2D eigenvalue weighted by atomic mass is 10.2. The van der Waals surface area contributed by atoms with Crippen LogP contribution in [0.5, 0.6) is 17.2 Å². The maximum atomic E-state index is 12.6. The summed E-state index contributed by atoms with van der Waals surface area (Å²) in [5, 5.41) is 17.0. The van der Waals surface area contributed by atoms with Crippen LogP contribution in [0.2, 0.25) is 0 Å². The lowest BCUT2D eigenvalue weighted by molar-refractivity contribution is -0.384. The summed E-state index contributed by atoms with van der Waals surface area (Å²) in [7, 11) is 1.41. The first kappa shape index (κ1) is 21.8. The largest absolute Gasteiger partial charge is 0.496 e. The van der Waals surface area contributed by atoms with Gasteiger partial charge in [0.05, 0.1) is 37.0 Å². The molecule has 0 aliphatic heterocycles. The van der Waals surface area contributed by atoms with Gasteiger partial charge in [0.1, 0.15) is 29.0 Å². The molecule has 9 heteroatoms. The van der Waals surface area contributed by atoms with Crippen LogP contribution in [0.25, 0.3) is 0 Å². The van der Waals surface area contributed by atoms with Gasteiger partial charge in [-0.1, -0.05) is 0 Å². The fraction of sp³-hybridized carbons (Fsp3) is 0.350. The molecule has 2 aromatic rings. The van der Waals surface area contributed by atoms with Crippen molar-refractivity contribution in [1.82, 2.24) is 0 Å². The highest BCUT2D eigenvalue weighted by Gasteiger charge is 2.21. The fourth-order valence-electron chi connectivity index (χ4n) is 2.59. The molecular formula is C20H25N3O6. The number of benzene rings is 2. The fourth-order valence-corrected chi connectivity index (χ4v) is 2.59. The van der Waals surface area contributed by atoms with Crippen LogP contribution in [-0.4, -0.2) is 37.2 Å². The summed E-state index contributed by atoms with van der Waals surface area (Å²) in [6.07, 6.45) is 0. The maximum absolute atomic E-state index is 12.6. The zero-order valence-corrected chi connectivity index (χ0v) is 16.9. The minimum atomic E-state index is -0.701. The van der Waals surface area contributed by atoms with E-state index in [-0.39, 0.29) is 11.4 Å². The Bertz CT molecular complexity index is 871. The van der Waals surface area contributed by atoms with Crippen LogP contribution in [0, 0.1) is 10.1 Å². The van der Waals surface area contributed by atoms with Crippen molar-refractivity contribution in [3.05, 3.63) is 46.5 Å². The number of anilines is 2. The maximum Gasteiger partial charge on any atom is 0.296 e. The molecule has 0 saturated heterocycles. The second kappa shape index (κ2) is 10.2. The van der Waals surface area contributed by atoms with E-state index < -0.39 is 16.9 Å². The van der Waals surface area contributed by atoms with Crippen molar-refractivity contribution < 1.29 is 23.9 Å². The molecule has 9 nitrogen and oxygen atoms in total. The Labute approximate surface area is 169 Å². The van der Waals surface area contributed by atoms with E-state index in [1.54, 1.807) is 31.2 Å². The smallest absolute Gasteiger partial charge is 0.296 e. The summed E-state index contributed by atoms with van der Waals surface area (Å²) >= 11 is 0. The number of carbonyl (C=O) groups is 1. The first-order valence-electron chi connectivity index (χ1n) is 9.19. The summed E-state index contributed by atoms with van der Waals surface area (Å²) < 4.78 is 16.1. The highest BCUT2D eigenvalue weighted by Crippen LogP contribution is 2.31. The predicted octanol–water partition coefficient (Wildman–Crippen LogP) is 3.84. The number of nitro benzene ring substituents is 1. The molecular weight excluding hydrogens is 378 g/mol. The number of carbonyl (C=O) groups excluding carboxylic acids is 1. The van der Waals surface area contributed by atoms with Gasteiger partial charge in [-0.15, -0.1) is 0 Å². The zero-order chi connectivity index (χ0) is 21.4. The second-order valence-corrected chi connectivity index (χ2v) is 6.02. The molecule has 29 heavy (non-hydrogen) atoms. The lowest BCUT2D eigenvalue weighted by Crippen LogP contribution is -2.32. The number of amides is 1. The molecule has 1 amide bonds. The van der Waals surface area contributed by atoms with E-state index in [9.17, 15) is 14.9 Å². The van der Waals surface area contributed by atoms with Gasteiger partial charge in [0.2, 0.25) is 5.91 Å². The molecule has 0 heterocycles. The number of rotatable bonds is 10. The predicted molar refractivity (Wildman–Crippen MR) is 110 cm³/mol. The van der Waals surface area contributed by atoms with Gasteiger partial charge in [0, 0.05) is 6.07 Å². The van der Waals surface area contributed by atoms with Crippen molar-refractivity contribution in [1.29, 1.82) is 0 Å². The Morgan fingerprint density at radius 1 is 1.07 bits per heavy atom. The first-order chi connectivity index (χ1) is 13.9. The van der Waals surface area contributed by atoms with Crippen molar-refractivity contribution in [2.75, 3.05) is 31.0 Å². The Morgan fingerprint density at radius 3 is 2.38 bits per heavy atom.